The normalized spacial score (nSPS) is 17.8. The fourth-order valence-corrected chi connectivity index (χ4v) is 2.53. The maximum absolute atomic E-state index is 11.6. The van der Waals surface area contributed by atoms with E-state index in [1.165, 1.54) is 5.56 Å². The molecule has 0 radical (unpaired) electrons. The Labute approximate surface area is 120 Å². The Morgan fingerprint density at radius 2 is 2.30 bits per heavy atom. The van der Waals surface area contributed by atoms with Crippen LogP contribution in [0.4, 0.5) is 4.79 Å². The maximum atomic E-state index is 11.6. The SMILES string of the molecule is CCOC(=O)N1CCC(NC(C)c2cccnc2)CC1. The van der Waals surface area contributed by atoms with E-state index in [0.29, 0.717) is 12.6 Å². The molecular formula is C15H23N3O2. The van der Waals surface area contributed by atoms with Gasteiger partial charge in [0.25, 0.3) is 0 Å². The molecule has 5 heteroatoms. The van der Waals surface area contributed by atoms with E-state index in [2.05, 4.69) is 23.3 Å². The first-order chi connectivity index (χ1) is 9.70. The van der Waals surface area contributed by atoms with Gasteiger partial charge in [0, 0.05) is 37.6 Å². The summed E-state index contributed by atoms with van der Waals surface area (Å²) in [4.78, 5) is 17.6. The fraction of sp³-hybridized carbons (Fsp3) is 0.600. The molecule has 1 atom stereocenters. The number of likely N-dealkylation sites (tertiary alicyclic amines) is 1. The number of pyridine rings is 1. The second-order valence-electron chi connectivity index (χ2n) is 5.13. The van der Waals surface area contributed by atoms with Crippen molar-refractivity contribution in [3.05, 3.63) is 30.1 Å². The Morgan fingerprint density at radius 1 is 1.55 bits per heavy atom. The van der Waals surface area contributed by atoms with E-state index in [1.807, 2.05) is 19.2 Å². The van der Waals surface area contributed by atoms with Crippen LogP contribution >= 0.6 is 0 Å². The van der Waals surface area contributed by atoms with Crippen LogP contribution in [0.15, 0.2) is 24.5 Å². The van der Waals surface area contributed by atoms with Crippen molar-refractivity contribution in [1.29, 1.82) is 0 Å². The zero-order chi connectivity index (χ0) is 14.4. The van der Waals surface area contributed by atoms with Crippen LogP contribution in [0, 0.1) is 0 Å². The number of rotatable bonds is 4. The van der Waals surface area contributed by atoms with E-state index < -0.39 is 0 Å². The minimum atomic E-state index is -0.189. The number of nitrogens with one attached hydrogen (secondary N) is 1. The van der Waals surface area contributed by atoms with Crippen molar-refractivity contribution in [2.24, 2.45) is 0 Å². The molecule has 1 unspecified atom stereocenters. The molecule has 20 heavy (non-hydrogen) atoms. The molecule has 5 nitrogen and oxygen atoms in total. The predicted octanol–water partition coefficient (Wildman–Crippen LogP) is 2.35. The average molecular weight is 277 g/mol. The van der Waals surface area contributed by atoms with Gasteiger partial charge in [-0.2, -0.15) is 0 Å². The zero-order valence-corrected chi connectivity index (χ0v) is 12.2. The number of hydrogen-bond donors (Lipinski definition) is 1. The number of piperidine rings is 1. The summed E-state index contributed by atoms with van der Waals surface area (Å²) in [5.74, 6) is 0. The molecule has 0 bridgehead atoms. The highest BCUT2D eigenvalue weighted by Gasteiger charge is 2.24. The van der Waals surface area contributed by atoms with Crippen LogP contribution in [-0.4, -0.2) is 41.7 Å². The molecule has 1 amide bonds. The summed E-state index contributed by atoms with van der Waals surface area (Å²) in [6.07, 6.45) is 5.41. The summed E-state index contributed by atoms with van der Waals surface area (Å²) in [5, 5.41) is 3.61. The molecule has 0 aromatic carbocycles. The lowest BCUT2D eigenvalue weighted by molar-refractivity contribution is 0.0943. The van der Waals surface area contributed by atoms with E-state index in [-0.39, 0.29) is 12.1 Å². The predicted molar refractivity (Wildman–Crippen MR) is 77.4 cm³/mol. The number of ether oxygens (including phenoxy) is 1. The van der Waals surface area contributed by atoms with Crippen LogP contribution in [-0.2, 0) is 4.74 Å². The molecule has 0 saturated carbocycles. The topological polar surface area (TPSA) is 54.5 Å². The molecule has 1 aromatic heterocycles. The molecule has 1 N–H and O–H groups in total. The highest BCUT2D eigenvalue weighted by molar-refractivity contribution is 5.67. The van der Waals surface area contributed by atoms with Gasteiger partial charge in [0.15, 0.2) is 0 Å². The number of carbonyl (C=O) groups excluding carboxylic acids is 1. The Balaban J connectivity index is 1.78. The molecule has 1 fully saturated rings. The fourth-order valence-electron chi connectivity index (χ4n) is 2.53. The first-order valence-corrected chi connectivity index (χ1v) is 7.28. The minimum Gasteiger partial charge on any atom is -0.450 e. The van der Waals surface area contributed by atoms with Crippen LogP contribution < -0.4 is 5.32 Å². The molecule has 2 rings (SSSR count). The van der Waals surface area contributed by atoms with Gasteiger partial charge in [0.05, 0.1) is 6.61 Å². The van der Waals surface area contributed by atoms with Crippen molar-refractivity contribution < 1.29 is 9.53 Å². The van der Waals surface area contributed by atoms with Gasteiger partial charge in [-0.3, -0.25) is 4.98 Å². The van der Waals surface area contributed by atoms with Crippen LogP contribution in [0.5, 0.6) is 0 Å². The van der Waals surface area contributed by atoms with Gasteiger partial charge in [-0.15, -0.1) is 0 Å². The summed E-state index contributed by atoms with van der Waals surface area (Å²) in [6.45, 7) is 5.94. The quantitative estimate of drug-likeness (QED) is 0.918. The number of hydrogen-bond acceptors (Lipinski definition) is 4. The highest BCUT2D eigenvalue weighted by atomic mass is 16.6. The minimum absolute atomic E-state index is 0.189. The molecule has 1 aromatic rings. The van der Waals surface area contributed by atoms with E-state index in [4.69, 9.17) is 4.74 Å². The number of amides is 1. The van der Waals surface area contributed by atoms with Gasteiger partial charge in [0.1, 0.15) is 0 Å². The van der Waals surface area contributed by atoms with Gasteiger partial charge < -0.3 is 15.0 Å². The van der Waals surface area contributed by atoms with Crippen LogP contribution in [0.1, 0.15) is 38.3 Å². The second kappa shape index (κ2) is 7.24. The molecule has 1 saturated heterocycles. The van der Waals surface area contributed by atoms with E-state index >= 15 is 0 Å². The van der Waals surface area contributed by atoms with Crippen LogP contribution in [0.25, 0.3) is 0 Å². The number of nitrogens with zero attached hydrogens (tertiary/aromatic N) is 2. The third kappa shape index (κ3) is 3.93. The van der Waals surface area contributed by atoms with Crippen molar-refractivity contribution in [2.75, 3.05) is 19.7 Å². The second-order valence-corrected chi connectivity index (χ2v) is 5.13. The molecule has 0 aliphatic carbocycles. The van der Waals surface area contributed by atoms with Crippen molar-refractivity contribution >= 4 is 6.09 Å². The smallest absolute Gasteiger partial charge is 0.409 e. The number of aromatic nitrogens is 1. The van der Waals surface area contributed by atoms with Gasteiger partial charge >= 0.3 is 6.09 Å². The van der Waals surface area contributed by atoms with E-state index in [0.717, 1.165) is 25.9 Å². The third-order valence-corrected chi connectivity index (χ3v) is 3.69. The van der Waals surface area contributed by atoms with Crippen molar-refractivity contribution in [3.8, 4) is 0 Å². The lowest BCUT2D eigenvalue weighted by Gasteiger charge is -2.33. The molecule has 0 spiro atoms. The first kappa shape index (κ1) is 14.8. The van der Waals surface area contributed by atoms with Crippen molar-refractivity contribution in [2.45, 2.75) is 38.8 Å². The molecule has 110 valence electrons. The van der Waals surface area contributed by atoms with Crippen LogP contribution in [0.3, 0.4) is 0 Å². The van der Waals surface area contributed by atoms with Gasteiger partial charge in [-0.05, 0) is 38.3 Å². The lowest BCUT2D eigenvalue weighted by Crippen LogP contribution is -2.45. The monoisotopic (exact) mass is 277 g/mol. The van der Waals surface area contributed by atoms with Crippen molar-refractivity contribution in [3.63, 3.8) is 0 Å². The maximum Gasteiger partial charge on any atom is 0.409 e. The highest BCUT2D eigenvalue weighted by Crippen LogP contribution is 2.17. The Hall–Kier alpha value is -1.62. The Morgan fingerprint density at radius 3 is 2.90 bits per heavy atom. The third-order valence-electron chi connectivity index (χ3n) is 3.69. The van der Waals surface area contributed by atoms with Crippen molar-refractivity contribution in [1.82, 2.24) is 15.2 Å². The van der Waals surface area contributed by atoms with E-state index in [1.54, 1.807) is 11.1 Å². The number of carbonyl (C=O) groups is 1. The summed E-state index contributed by atoms with van der Waals surface area (Å²) in [7, 11) is 0. The summed E-state index contributed by atoms with van der Waals surface area (Å²) < 4.78 is 5.03. The van der Waals surface area contributed by atoms with Gasteiger partial charge in [-0.1, -0.05) is 6.07 Å². The summed E-state index contributed by atoms with van der Waals surface area (Å²) >= 11 is 0. The molecule has 1 aliphatic rings. The molecular weight excluding hydrogens is 254 g/mol. The Kier molecular flexibility index (Phi) is 5.35. The average Bonchev–Trinajstić information content (AvgIpc) is 2.49. The standard InChI is InChI=1S/C15H23N3O2/c1-3-20-15(19)18-9-6-14(7-10-18)17-12(2)13-5-4-8-16-11-13/h4-5,8,11-12,14,17H,3,6-7,9-10H2,1-2H3. The molecule has 2 heterocycles. The van der Waals surface area contributed by atoms with Gasteiger partial charge in [0.2, 0.25) is 0 Å². The van der Waals surface area contributed by atoms with Crippen LogP contribution in [0.2, 0.25) is 0 Å². The Bertz CT molecular complexity index is 416. The first-order valence-electron chi connectivity index (χ1n) is 7.28. The molecule has 1 aliphatic heterocycles. The van der Waals surface area contributed by atoms with E-state index in [9.17, 15) is 4.79 Å². The zero-order valence-electron chi connectivity index (χ0n) is 12.2. The van der Waals surface area contributed by atoms with Gasteiger partial charge in [-0.25, -0.2) is 4.79 Å². The largest absolute Gasteiger partial charge is 0.450 e. The lowest BCUT2D eigenvalue weighted by atomic mass is 10.0. The summed E-state index contributed by atoms with van der Waals surface area (Å²) in [6, 6.07) is 4.76. The summed E-state index contributed by atoms with van der Waals surface area (Å²) in [5.41, 5.74) is 1.19.